The van der Waals surface area contributed by atoms with Gasteiger partial charge in [0.25, 0.3) is 0 Å². The van der Waals surface area contributed by atoms with Crippen molar-refractivity contribution in [3.8, 4) is 0 Å². The minimum atomic E-state index is 0.253. The fourth-order valence-electron chi connectivity index (χ4n) is 2.26. The lowest BCUT2D eigenvalue weighted by Crippen LogP contribution is -2.46. The number of hydrogen-bond acceptors (Lipinski definition) is 1. The Morgan fingerprint density at radius 1 is 1.06 bits per heavy atom. The van der Waals surface area contributed by atoms with Gasteiger partial charge in [-0.05, 0) is 46.6 Å². The second-order valence-electron chi connectivity index (χ2n) is 5.69. The molecule has 1 rings (SSSR count). The van der Waals surface area contributed by atoms with E-state index in [0.717, 1.165) is 13.0 Å². The largest absolute Gasteiger partial charge is 0.296 e. The molecule has 0 N–H and O–H groups in total. The zero-order chi connectivity index (χ0) is 12.2. The van der Waals surface area contributed by atoms with E-state index < -0.39 is 0 Å². The van der Waals surface area contributed by atoms with Crippen LogP contribution < -0.4 is 0 Å². The first-order valence-electron chi connectivity index (χ1n) is 6.22. The Morgan fingerprint density at radius 2 is 1.62 bits per heavy atom. The van der Waals surface area contributed by atoms with Crippen molar-refractivity contribution in [2.24, 2.45) is 0 Å². The van der Waals surface area contributed by atoms with Crippen LogP contribution in [0.5, 0.6) is 0 Å². The molecule has 0 atom stereocenters. The second-order valence-corrected chi connectivity index (χ2v) is 5.69. The highest BCUT2D eigenvalue weighted by atomic mass is 15.2. The van der Waals surface area contributed by atoms with Crippen molar-refractivity contribution in [3.63, 3.8) is 0 Å². The van der Waals surface area contributed by atoms with Crippen LogP contribution in [0.1, 0.15) is 40.2 Å². The first kappa shape index (κ1) is 13.2. The van der Waals surface area contributed by atoms with Gasteiger partial charge >= 0.3 is 0 Å². The Kier molecular flexibility index (Phi) is 4.55. The Bertz CT molecular complexity index is 295. The predicted octanol–water partition coefficient (Wildman–Crippen LogP) is 3.74. The Morgan fingerprint density at radius 3 is 2.06 bits per heavy atom. The van der Waals surface area contributed by atoms with E-state index in [-0.39, 0.29) is 5.54 Å². The average molecular weight is 219 g/mol. The van der Waals surface area contributed by atoms with Crippen LogP contribution in [0, 0.1) is 0 Å². The van der Waals surface area contributed by atoms with Crippen molar-refractivity contribution in [1.82, 2.24) is 4.90 Å². The van der Waals surface area contributed by atoms with Gasteiger partial charge in [0.15, 0.2) is 0 Å². The molecule has 0 unspecified atom stereocenters. The number of nitrogens with zero attached hydrogens (tertiary/aromatic N) is 1. The molecular formula is C15H25N. The minimum Gasteiger partial charge on any atom is -0.296 e. The van der Waals surface area contributed by atoms with Crippen LogP contribution in [0.3, 0.4) is 0 Å². The molecule has 0 saturated heterocycles. The highest BCUT2D eigenvalue weighted by molar-refractivity contribution is 5.15. The SMILES string of the molecule is CC(C)N(CCc1ccccc1)C(C)(C)C. The van der Waals surface area contributed by atoms with Crippen LogP contribution in [0.4, 0.5) is 0 Å². The summed E-state index contributed by atoms with van der Waals surface area (Å²) >= 11 is 0. The third kappa shape index (κ3) is 3.97. The molecule has 0 aliphatic rings. The highest BCUT2D eigenvalue weighted by Crippen LogP contribution is 2.17. The van der Waals surface area contributed by atoms with Crippen LogP contribution in [-0.4, -0.2) is 23.0 Å². The van der Waals surface area contributed by atoms with Gasteiger partial charge in [-0.25, -0.2) is 0 Å². The van der Waals surface area contributed by atoms with E-state index in [4.69, 9.17) is 0 Å². The van der Waals surface area contributed by atoms with Crippen LogP contribution >= 0.6 is 0 Å². The zero-order valence-electron chi connectivity index (χ0n) is 11.3. The standard InChI is InChI=1S/C15H25N/c1-13(2)16(15(3,4)5)12-11-14-9-7-6-8-10-14/h6-10,13H,11-12H2,1-5H3. The molecular weight excluding hydrogens is 194 g/mol. The zero-order valence-corrected chi connectivity index (χ0v) is 11.3. The minimum absolute atomic E-state index is 0.253. The molecule has 16 heavy (non-hydrogen) atoms. The third-order valence-corrected chi connectivity index (χ3v) is 2.97. The fraction of sp³-hybridized carbons (Fsp3) is 0.600. The maximum atomic E-state index is 2.56. The van der Waals surface area contributed by atoms with Gasteiger partial charge in [0.05, 0.1) is 0 Å². The molecule has 0 amide bonds. The van der Waals surface area contributed by atoms with Gasteiger partial charge in [0.2, 0.25) is 0 Å². The topological polar surface area (TPSA) is 3.24 Å². The Labute approximate surface area is 100 Å². The molecule has 0 aromatic heterocycles. The van der Waals surface area contributed by atoms with Crippen molar-refractivity contribution in [1.29, 1.82) is 0 Å². The number of rotatable bonds is 4. The summed E-state index contributed by atoms with van der Waals surface area (Å²) in [6.45, 7) is 12.5. The lowest BCUT2D eigenvalue weighted by molar-refractivity contribution is 0.101. The molecule has 1 nitrogen and oxygen atoms in total. The smallest absolute Gasteiger partial charge is 0.0127 e. The average Bonchev–Trinajstić information content (AvgIpc) is 2.17. The summed E-state index contributed by atoms with van der Waals surface area (Å²) in [6.07, 6.45) is 1.14. The van der Waals surface area contributed by atoms with E-state index in [0.29, 0.717) is 6.04 Å². The van der Waals surface area contributed by atoms with E-state index >= 15 is 0 Å². The highest BCUT2D eigenvalue weighted by Gasteiger charge is 2.23. The summed E-state index contributed by atoms with van der Waals surface area (Å²) in [7, 11) is 0. The van der Waals surface area contributed by atoms with Crippen molar-refractivity contribution in [2.75, 3.05) is 6.54 Å². The van der Waals surface area contributed by atoms with E-state index in [1.165, 1.54) is 5.56 Å². The van der Waals surface area contributed by atoms with Crippen molar-refractivity contribution < 1.29 is 0 Å². The van der Waals surface area contributed by atoms with E-state index in [1.807, 2.05) is 0 Å². The monoisotopic (exact) mass is 219 g/mol. The first-order chi connectivity index (χ1) is 7.41. The summed E-state index contributed by atoms with van der Waals surface area (Å²) < 4.78 is 0. The van der Waals surface area contributed by atoms with Crippen molar-refractivity contribution in [2.45, 2.75) is 52.6 Å². The summed E-state index contributed by atoms with van der Waals surface area (Å²) in [4.78, 5) is 2.56. The van der Waals surface area contributed by atoms with Gasteiger partial charge < -0.3 is 0 Å². The Balaban J connectivity index is 2.58. The molecule has 0 aliphatic carbocycles. The molecule has 1 aromatic rings. The van der Waals surface area contributed by atoms with E-state index in [1.54, 1.807) is 0 Å². The summed E-state index contributed by atoms with van der Waals surface area (Å²) in [5.41, 5.74) is 1.68. The van der Waals surface area contributed by atoms with E-state index in [9.17, 15) is 0 Å². The molecule has 0 heterocycles. The summed E-state index contributed by atoms with van der Waals surface area (Å²) in [6, 6.07) is 11.3. The van der Waals surface area contributed by atoms with Crippen LogP contribution in [0.2, 0.25) is 0 Å². The third-order valence-electron chi connectivity index (χ3n) is 2.97. The van der Waals surface area contributed by atoms with Crippen molar-refractivity contribution in [3.05, 3.63) is 35.9 Å². The van der Waals surface area contributed by atoms with Crippen LogP contribution in [0.25, 0.3) is 0 Å². The predicted molar refractivity (Wildman–Crippen MR) is 71.7 cm³/mol. The molecule has 0 radical (unpaired) electrons. The molecule has 0 aliphatic heterocycles. The normalized spacial score (nSPS) is 12.4. The lowest BCUT2D eigenvalue weighted by atomic mass is 10.0. The second kappa shape index (κ2) is 5.49. The fourth-order valence-corrected chi connectivity index (χ4v) is 2.26. The maximum Gasteiger partial charge on any atom is 0.0127 e. The van der Waals surface area contributed by atoms with Crippen molar-refractivity contribution >= 4 is 0 Å². The van der Waals surface area contributed by atoms with Gasteiger partial charge in [-0.15, -0.1) is 0 Å². The quantitative estimate of drug-likeness (QED) is 0.745. The molecule has 1 heteroatoms. The molecule has 90 valence electrons. The van der Waals surface area contributed by atoms with Gasteiger partial charge in [-0.2, -0.15) is 0 Å². The summed E-state index contributed by atoms with van der Waals surface area (Å²) in [5, 5.41) is 0. The molecule has 0 bridgehead atoms. The maximum absolute atomic E-state index is 2.56. The molecule has 0 spiro atoms. The lowest BCUT2D eigenvalue weighted by Gasteiger charge is -2.39. The Hall–Kier alpha value is -0.820. The number of hydrogen-bond donors (Lipinski definition) is 0. The molecule has 1 aromatic carbocycles. The van der Waals surface area contributed by atoms with Gasteiger partial charge in [-0.1, -0.05) is 30.3 Å². The van der Waals surface area contributed by atoms with Crippen LogP contribution in [0.15, 0.2) is 30.3 Å². The van der Waals surface area contributed by atoms with E-state index in [2.05, 4.69) is 69.9 Å². The molecule has 0 fully saturated rings. The van der Waals surface area contributed by atoms with Gasteiger partial charge in [0.1, 0.15) is 0 Å². The number of benzene rings is 1. The van der Waals surface area contributed by atoms with Crippen LogP contribution in [-0.2, 0) is 6.42 Å². The van der Waals surface area contributed by atoms with Gasteiger partial charge in [-0.3, -0.25) is 4.90 Å². The van der Waals surface area contributed by atoms with Gasteiger partial charge in [0, 0.05) is 18.1 Å². The molecule has 0 saturated carbocycles. The summed E-state index contributed by atoms with van der Waals surface area (Å²) in [5.74, 6) is 0. The first-order valence-corrected chi connectivity index (χ1v) is 6.22.